The van der Waals surface area contributed by atoms with Crippen LogP contribution in [-0.2, 0) is 20.7 Å². The van der Waals surface area contributed by atoms with Crippen molar-refractivity contribution in [3.63, 3.8) is 0 Å². The molecule has 0 radical (unpaired) electrons. The first kappa shape index (κ1) is 19.9. The summed E-state index contributed by atoms with van der Waals surface area (Å²) in [4.78, 5) is 37.2. The third-order valence-corrected chi connectivity index (χ3v) is 5.49. The van der Waals surface area contributed by atoms with E-state index in [9.17, 15) is 14.4 Å². The van der Waals surface area contributed by atoms with E-state index in [1.165, 1.54) is 0 Å². The Morgan fingerprint density at radius 2 is 2.07 bits per heavy atom. The van der Waals surface area contributed by atoms with Crippen LogP contribution in [0.2, 0.25) is 0 Å². The second-order valence-electron chi connectivity index (χ2n) is 6.44. The highest BCUT2D eigenvalue weighted by atomic mass is 32.2. The van der Waals surface area contributed by atoms with Gasteiger partial charge in [-0.1, -0.05) is 25.1 Å². The molecule has 0 saturated carbocycles. The number of thioether (sulfide) groups is 1. The van der Waals surface area contributed by atoms with Gasteiger partial charge in [0.15, 0.2) is 6.61 Å². The van der Waals surface area contributed by atoms with Crippen LogP contribution in [0.15, 0.2) is 41.3 Å². The maximum Gasteiger partial charge on any atom is 0.338 e. The summed E-state index contributed by atoms with van der Waals surface area (Å²) >= 11 is 1.56. The Kier molecular flexibility index (Phi) is 6.36. The summed E-state index contributed by atoms with van der Waals surface area (Å²) in [5, 5.41) is 5.61. The van der Waals surface area contributed by atoms with Gasteiger partial charge in [-0.05, 0) is 42.7 Å². The molecule has 146 valence electrons. The third kappa shape index (κ3) is 4.72. The van der Waals surface area contributed by atoms with Crippen LogP contribution in [0, 0.1) is 6.92 Å². The van der Waals surface area contributed by atoms with E-state index in [0.717, 1.165) is 28.1 Å². The highest BCUT2D eigenvalue weighted by Crippen LogP contribution is 2.31. The summed E-state index contributed by atoms with van der Waals surface area (Å²) in [5.74, 6) is -0.388. The van der Waals surface area contributed by atoms with Crippen molar-refractivity contribution < 1.29 is 19.1 Å². The first-order chi connectivity index (χ1) is 13.5. The maximum absolute atomic E-state index is 12.3. The number of hydrogen-bond acceptors (Lipinski definition) is 5. The van der Waals surface area contributed by atoms with Gasteiger partial charge in [-0.15, -0.1) is 11.8 Å². The molecule has 28 heavy (non-hydrogen) atoms. The molecule has 0 atom stereocenters. The zero-order valence-corrected chi connectivity index (χ0v) is 16.7. The second kappa shape index (κ2) is 8.93. The highest BCUT2D eigenvalue weighted by molar-refractivity contribution is 7.99. The normalized spacial score (nSPS) is 13.1. The molecule has 2 N–H and O–H groups in total. The average Bonchev–Trinajstić information content (AvgIpc) is 2.87. The molecule has 0 bridgehead atoms. The van der Waals surface area contributed by atoms with Crippen molar-refractivity contribution in [2.24, 2.45) is 0 Å². The van der Waals surface area contributed by atoms with Gasteiger partial charge < -0.3 is 15.4 Å². The lowest BCUT2D eigenvalue weighted by molar-refractivity contribution is -0.119. The topological polar surface area (TPSA) is 84.5 Å². The fourth-order valence-corrected chi connectivity index (χ4v) is 3.88. The van der Waals surface area contributed by atoms with Crippen LogP contribution in [0.4, 0.5) is 11.4 Å². The van der Waals surface area contributed by atoms with Gasteiger partial charge in [-0.25, -0.2) is 4.79 Å². The van der Waals surface area contributed by atoms with E-state index >= 15 is 0 Å². The molecule has 0 fully saturated rings. The number of esters is 1. The van der Waals surface area contributed by atoms with Gasteiger partial charge in [-0.2, -0.15) is 0 Å². The number of para-hydroxylation sites is 1. The highest BCUT2D eigenvalue weighted by Gasteiger charge is 2.17. The number of rotatable bonds is 5. The summed E-state index contributed by atoms with van der Waals surface area (Å²) in [6, 6.07) is 10.8. The number of carbonyl (C=O) groups is 3. The standard InChI is InChI=1S/C21H22N2O4S/c1-3-14-6-4-5-13(2)20(14)23-19(25)12-27-21(26)15-7-8-17-16(11-15)22-18(24)9-10-28-17/h4-8,11H,3,9-10,12H2,1-2H3,(H,22,24)(H,23,25). The lowest BCUT2D eigenvalue weighted by Gasteiger charge is -2.13. The van der Waals surface area contributed by atoms with E-state index in [0.29, 0.717) is 23.4 Å². The molecule has 1 heterocycles. The molecular weight excluding hydrogens is 376 g/mol. The van der Waals surface area contributed by atoms with Crippen LogP contribution >= 0.6 is 11.8 Å². The Morgan fingerprint density at radius 3 is 2.86 bits per heavy atom. The van der Waals surface area contributed by atoms with Gasteiger partial charge >= 0.3 is 5.97 Å². The lowest BCUT2D eigenvalue weighted by atomic mass is 10.1. The lowest BCUT2D eigenvalue weighted by Crippen LogP contribution is -2.22. The predicted octanol–water partition coefficient (Wildman–Crippen LogP) is 3.79. The summed E-state index contributed by atoms with van der Waals surface area (Å²) in [6.45, 7) is 3.55. The van der Waals surface area contributed by atoms with Gasteiger partial charge in [0.05, 0.1) is 11.3 Å². The van der Waals surface area contributed by atoms with Crippen LogP contribution in [-0.4, -0.2) is 30.1 Å². The summed E-state index contributed by atoms with van der Waals surface area (Å²) in [7, 11) is 0. The fraction of sp³-hybridized carbons (Fsp3) is 0.286. The van der Waals surface area contributed by atoms with Gasteiger partial charge in [0.1, 0.15) is 0 Å². The molecule has 3 rings (SSSR count). The molecule has 7 heteroatoms. The summed E-state index contributed by atoms with van der Waals surface area (Å²) in [5.41, 5.74) is 3.63. The van der Waals surface area contributed by atoms with Crippen molar-refractivity contribution in [2.45, 2.75) is 31.6 Å². The zero-order chi connectivity index (χ0) is 20.1. The van der Waals surface area contributed by atoms with E-state index in [1.807, 2.05) is 32.0 Å². The number of anilines is 2. The minimum atomic E-state index is -0.609. The molecule has 0 aromatic heterocycles. The third-order valence-electron chi connectivity index (χ3n) is 4.41. The van der Waals surface area contributed by atoms with Crippen LogP contribution in [0.5, 0.6) is 0 Å². The van der Waals surface area contributed by atoms with Crippen molar-refractivity contribution in [1.82, 2.24) is 0 Å². The quantitative estimate of drug-likeness (QED) is 0.749. The van der Waals surface area contributed by atoms with E-state index < -0.39 is 11.9 Å². The molecule has 1 aliphatic heterocycles. The summed E-state index contributed by atoms with van der Waals surface area (Å²) < 4.78 is 5.15. The molecule has 0 unspecified atom stereocenters. The van der Waals surface area contributed by atoms with Crippen LogP contribution in [0.1, 0.15) is 34.8 Å². The monoisotopic (exact) mass is 398 g/mol. The summed E-state index contributed by atoms with van der Waals surface area (Å²) in [6.07, 6.45) is 1.22. The molecule has 1 aliphatic rings. The van der Waals surface area contributed by atoms with Crippen molar-refractivity contribution in [2.75, 3.05) is 23.0 Å². The number of fused-ring (bicyclic) bond motifs is 1. The number of carbonyl (C=O) groups excluding carboxylic acids is 3. The van der Waals surface area contributed by atoms with E-state index in [1.54, 1.807) is 30.0 Å². The molecule has 0 saturated heterocycles. The molecular formula is C21H22N2O4S. The molecule has 6 nitrogen and oxygen atoms in total. The first-order valence-electron chi connectivity index (χ1n) is 9.10. The number of amides is 2. The number of nitrogens with one attached hydrogen (secondary N) is 2. The first-order valence-corrected chi connectivity index (χ1v) is 10.1. The van der Waals surface area contributed by atoms with Crippen molar-refractivity contribution in [3.8, 4) is 0 Å². The SMILES string of the molecule is CCc1cccc(C)c1NC(=O)COC(=O)c1ccc2c(c1)NC(=O)CCS2. The smallest absolute Gasteiger partial charge is 0.338 e. The second-order valence-corrected chi connectivity index (χ2v) is 7.58. The molecule has 2 aromatic carbocycles. The number of ether oxygens (including phenoxy) is 1. The van der Waals surface area contributed by atoms with Crippen molar-refractivity contribution in [3.05, 3.63) is 53.1 Å². The Bertz CT molecular complexity index is 927. The maximum atomic E-state index is 12.3. The minimum Gasteiger partial charge on any atom is -0.452 e. The average molecular weight is 398 g/mol. The van der Waals surface area contributed by atoms with Crippen molar-refractivity contribution in [1.29, 1.82) is 0 Å². The van der Waals surface area contributed by atoms with Crippen LogP contribution in [0.25, 0.3) is 0 Å². The molecule has 0 spiro atoms. The van der Waals surface area contributed by atoms with Crippen LogP contribution < -0.4 is 10.6 Å². The Labute approximate surface area is 168 Å². The number of aryl methyl sites for hydroxylation is 2. The van der Waals surface area contributed by atoms with Gasteiger partial charge in [0.25, 0.3) is 5.91 Å². The Morgan fingerprint density at radius 1 is 1.25 bits per heavy atom. The fourth-order valence-electron chi connectivity index (χ4n) is 2.94. The van der Waals surface area contributed by atoms with E-state index in [-0.39, 0.29) is 12.5 Å². The van der Waals surface area contributed by atoms with Gasteiger partial charge in [0, 0.05) is 22.8 Å². The van der Waals surface area contributed by atoms with Crippen LogP contribution in [0.3, 0.4) is 0 Å². The number of benzene rings is 2. The van der Waals surface area contributed by atoms with Gasteiger partial charge in [0.2, 0.25) is 5.91 Å². The van der Waals surface area contributed by atoms with E-state index in [4.69, 9.17) is 4.74 Å². The molecule has 0 aliphatic carbocycles. The molecule has 2 amide bonds. The Balaban J connectivity index is 1.63. The predicted molar refractivity (Wildman–Crippen MR) is 110 cm³/mol. The molecule has 2 aromatic rings. The van der Waals surface area contributed by atoms with E-state index in [2.05, 4.69) is 10.6 Å². The zero-order valence-electron chi connectivity index (χ0n) is 15.8. The number of hydrogen-bond donors (Lipinski definition) is 2. The Hall–Kier alpha value is -2.80. The largest absolute Gasteiger partial charge is 0.452 e. The van der Waals surface area contributed by atoms with Gasteiger partial charge in [-0.3, -0.25) is 9.59 Å². The minimum absolute atomic E-state index is 0.0823. The van der Waals surface area contributed by atoms with Crippen molar-refractivity contribution >= 4 is 40.9 Å².